The fourth-order valence-corrected chi connectivity index (χ4v) is 3.80. The number of aliphatic hydroxyl groups is 1. The average molecular weight is 469 g/mol. The molecule has 2 N–H and O–H groups in total. The Morgan fingerprint density at radius 1 is 1.12 bits per heavy atom. The van der Waals surface area contributed by atoms with Gasteiger partial charge in [0.15, 0.2) is 0 Å². The van der Waals surface area contributed by atoms with E-state index in [2.05, 4.69) is 10.4 Å². The molecule has 0 atom stereocenters. The second kappa shape index (κ2) is 9.35. The van der Waals surface area contributed by atoms with E-state index in [0.717, 1.165) is 5.56 Å². The molecule has 2 aromatic carbocycles. The minimum Gasteiger partial charge on any atom is -0.495 e. The third-order valence-electron chi connectivity index (χ3n) is 5.13. The van der Waals surface area contributed by atoms with Crippen LogP contribution in [0, 0.1) is 0 Å². The van der Waals surface area contributed by atoms with Crippen LogP contribution in [0.2, 0.25) is 5.02 Å². The Hall–Kier alpha value is -3.82. The number of benzene rings is 2. The fourth-order valence-electron chi connectivity index (χ4n) is 3.56. The zero-order valence-corrected chi connectivity index (χ0v) is 18.7. The van der Waals surface area contributed by atoms with Crippen LogP contribution >= 0.6 is 11.6 Å². The summed E-state index contributed by atoms with van der Waals surface area (Å²) in [4.78, 5) is 25.9. The Morgan fingerprint density at radius 2 is 1.85 bits per heavy atom. The van der Waals surface area contributed by atoms with Crippen LogP contribution in [0.25, 0.3) is 16.8 Å². The van der Waals surface area contributed by atoms with E-state index >= 15 is 0 Å². The average Bonchev–Trinajstić information content (AvgIpc) is 3.21. The number of ether oxygens (including phenoxy) is 2. The molecule has 0 radical (unpaired) electrons. The van der Waals surface area contributed by atoms with Crippen LogP contribution in [-0.2, 0) is 17.9 Å². The molecule has 170 valence electrons. The number of amides is 1. The van der Waals surface area contributed by atoms with Crippen LogP contribution in [0.1, 0.15) is 5.56 Å². The zero-order valence-electron chi connectivity index (χ0n) is 17.9. The topological polar surface area (TPSA) is 107 Å². The maximum Gasteiger partial charge on any atom is 0.277 e. The number of hydrogen-bond donors (Lipinski definition) is 2. The maximum absolute atomic E-state index is 13.2. The summed E-state index contributed by atoms with van der Waals surface area (Å²) in [6.07, 6.45) is 3.04. The number of carbonyl (C=O) groups is 1. The molecule has 1 amide bonds. The number of fused-ring (bicyclic) bond motifs is 1. The minimum atomic E-state index is -0.464. The van der Waals surface area contributed by atoms with E-state index in [9.17, 15) is 14.7 Å². The first kappa shape index (κ1) is 22.4. The number of nitrogens with zero attached hydrogens (tertiary/aromatic N) is 3. The second-order valence-electron chi connectivity index (χ2n) is 7.11. The smallest absolute Gasteiger partial charge is 0.277 e. The second-order valence-corrected chi connectivity index (χ2v) is 7.52. The molecule has 2 heterocycles. The zero-order chi connectivity index (χ0) is 23.5. The Labute approximate surface area is 193 Å². The molecule has 33 heavy (non-hydrogen) atoms. The van der Waals surface area contributed by atoms with Gasteiger partial charge < -0.3 is 24.5 Å². The van der Waals surface area contributed by atoms with Crippen molar-refractivity contribution in [2.45, 2.75) is 13.2 Å². The summed E-state index contributed by atoms with van der Waals surface area (Å²) < 4.78 is 13.1. The van der Waals surface area contributed by atoms with Crippen LogP contribution in [0.4, 0.5) is 5.69 Å². The molecule has 4 aromatic rings. The number of hydrogen-bond acceptors (Lipinski definition) is 6. The molecule has 0 spiro atoms. The van der Waals surface area contributed by atoms with Gasteiger partial charge in [-0.15, -0.1) is 0 Å². The monoisotopic (exact) mass is 468 g/mol. The standard InChI is InChI=1S/C23H21ClN4O5/c1-32-18-11-19(33-2)17(10-16(18)24)25-20(30)12-27-8-9-28-22(23(27)31)15(13-29)21(26-28)14-6-4-3-5-7-14/h3-11,29H,12-13H2,1-2H3,(H,25,30). The summed E-state index contributed by atoms with van der Waals surface area (Å²) in [5.74, 6) is 0.298. The quantitative estimate of drug-likeness (QED) is 0.432. The maximum atomic E-state index is 13.2. The number of aromatic nitrogens is 3. The van der Waals surface area contributed by atoms with E-state index in [-0.39, 0.29) is 18.7 Å². The normalized spacial score (nSPS) is 10.9. The Kier molecular flexibility index (Phi) is 6.34. The van der Waals surface area contributed by atoms with Crippen LogP contribution < -0.4 is 20.3 Å². The predicted octanol–water partition coefficient (Wildman–Crippen LogP) is 2.96. The summed E-state index contributed by atoms with van der Waals surface area (Å²) in [6, 6.07) is 12.3. The number of carbonyl (C=O) groups excluding carboxylic acids is 1. The number of nitrogens with one attached hydrogen (secondary N) is 1. The fraction of sp³-hybridized carbons (Fsp3) is 0.174. The van der Waals surface area contributed by atoms with Gasteiger partial charge in [0.05, 0.1) is 37.2 Å². The highest BCUT2D eigenvalue weighted by Crippen LogP contribution is 2.35. The third kappa shape index (κ3) is 4.28. The van der Waals surface area contributed by atoms with Crippen molar-refractivity contribution < 1.29 is 19.4 Å². The van der Waals surface area contributed by atoms with Gasteiger partial charge in [-0.2, -0.15) is 5.10 Å². The van der Waals surface area contributed by atoms with Gasteiger partial charge in [-0.1, -0.05) is 41.9 Å². The molecule has 0 aliphatic carbocycles. The van der Waals surface area contributed by atoms with Crippen molar-refractivity contribution in [1.29, 1.82) is 0 Å². The molecule has 10 heteroatoms. The number of methoxy groups -OCH3 is 2. The van der Waals surface area contributed by atoms with Crippen LogP contribution in [0.3, 0.4) is 0 Å². The third-order valence-corrected chi connectivity index (χ3v) is 5.42. The first-order chi connectivity index (χ1) is 16.0. The number of rotatable bonds is 7. The van der Waals surface area contributed by atoms with E-state index in [1.807, 2.05) is 30.3 Å². The molecular formula is C23H21ClN4O5. The van der Waals surface area contributed by atoms with Crippen LogP contribution in [-0.4, -0.2) is 39.4 Å². The molecule has 0 saturated carbocycles. The number of aliphatic hydroxyl groups excluding tert-OH is 1. The van der Waals surface area contributed by atoms with E-state index in [4.69, 9.17) is 21.1 Å². The van der Waals surface area contributed by atoms with Gasteiger partial charge in [0, 0.05) is 29.6 Å². The lowest BCUT2D eigenvalue weighted by atomic mass is 10.1. The van der Waals surface area contributed by atoms with Gasteiger partial charge in [-0.3, -0.25) is 9.59 Å². The highest BCUT2D eigenvalue weighted by molar-refractivity contribution is 6.32. The number of halogens is 1. The van der Waals surface area contributed by atoms with E-state index in [1.54, 1.807) is 12.3 Å². The largest absolute Gasteiger partial charge is 0.495 e. The molecule has 4 rings (SSSR count). The van der Waals surface area contributed by atoms with Gasteiger partial charge in [-0.05, 0) is 6.07 Å². The van der Waals surface area contributed by atoms with Crippen molar-refractivity contribution in [2.24, 2.45) is 0 Å². The molecule has 0 aliphatic heterocycles. The summed E-state index contributed by atoms with van der Waals surface area (Å²) in [7, 11) is 2.93. The van der Waals surface area contributed by atoms with E-state index in [0.29, 0.717) is 33.5 Å². The first-order valence-corrected chi connectivity index (χ1v) is 10.3. The predicted molar refractivity (Wildman–Crippen MR) is 124 cm³/mol. The first-order valence-electron chi connectivity index (χ1n) is 9.95. The highest BCUT2D eigenvalue weighted by atomic mass is 35.5. The lowest BCUT2D eigenvalue weighted by Gasteiger charge is -2.13. The summed E-state index contributed by atoms with van der Waals surface area (Å²) in [6.45, 7) is -0.639. The Morgan fingerprint density at radius 3 is 2.52 bits per heavy atom. The molecular weight excluding hydrogens is 448 g/mol. The molecule has 0 saturated heterocycles. The Bertz CT molecular complexity index is 1380. The van der Waals surface area contributed by atoms with E-state index in [1.165, 1.54) is 35.6 Å². The van der Waals surface area contributed by atoms with Crippen molar-refractivity contribution >= 4 is 28.7 Å². The summed E-state index contributed by atoms with van der Waals surface area (Å²) in [5.41, 5.74) is 1.77. The highest BCUT2D eigenvalue weighted by Gasteiger charge is 2.19. The van der Waals surface area contributed by atoms with Crippen molar-refractivity contribution in [3.63, 3.8) is 0 Å². The summed E-state index contributed by atoms with van der Waals surface area (Å²) >= 11 is 6.16. The van der Waals surface area contributed by atoms with Crippen LogP contribution in [0.15, 0.2) is 59.7 Å². The summed E-state index contributed by atoms with van der Waals surface area (Å²) in [5, 5.41) is 17.4. The molecule has 0 bridgehead atoms. The number of anilines is 1. The van der Waals surface area contributed by atoms with Gasteiger partial charge >= 0.3 is 0 Å². The van der Waals surface area contributed by atoms with Crippen molar-refractivity contribution in [1.82, 2.24) is 14.2 Å². The van der Waals surface area contributed by atoms with Crippen molar-refractivity contribution in [3.8, 4) is 22.8 Å². The SMILES string of the molecule is COc1cc(OC)c(NC(=O)Cn2ccn3nc(-c4ccccc4)c(CO)c3c2=O)cc1Cl. The molecule has 0 unspecified atom stereocenters. The van der Waals surface area contributed by atoms with Gasteiger partial charge in [0.1, 0.15) is 23.6 Å². The van der Waals surface area contributed by atoms with Crippen LogP contribution in [0.5, 0.6) is 11.5 Å². The van der Waals surface area contributed by atoms with Crippen molar-refractivity contribution in [3.05, 3.63) is 75.8 Å². The Balaban J connectivity index is 1.66. The molecule has 0 aliphatic rings. The van der Waals surface area contributed by atoms with Gasteiger partial charge in [0.25, 0.3) is 5.56 Å². The lowest BCUT2D eigenvalue weighted by Crippen LogP contribution is -2.28. The van der Waals surface area contributed by atoms with Gasteiger partial charge in [-0.25, -0.2) is 4.52 Å². The van der Waals surface area contributed by atoms with Gasteiger partial charge in [0.2, 0.25) is 5.91 Å². The molecule has 2 aromatic heterocycles. The minimum absolute atomic E-state index is 0.205. The lowest BCUT2D eigenvalue weighted by molar-refractivity contribution is -0.116. The van der Waals surface area contributed by atoms with E-state index < -0.39 is 11.5 Å². The van der Waals surface area contributed by atoms with Crippen molar-refractivity contribution in [2.75, 3.05) is 19.5 Å². The molecule has 0 fully saturated rings. The molecule has 9 nitrogen and oxygen atoms in total.